The first-order valence-electron chi connectivity index (χ1n) is 22.3. The summed E-state index contributed by atoms with van der Waals surface area (Å²) in [5.41, 5.74) is 0. The summed E-state index contributed by atoms with van der Waals surface area (Å²) in [6, 6.07) is 0.360. The van der Waals surface area contributed by atoms with E-state index in [1.807, 2.05) is 0 Å². The van der Waals surface area contributed by atoms with Gasteiger partial charge in [-0.25, -0.2) is 0 Å². The van der Waals surface area contributed by atoms with Gasteiger partial charge in [0.05, 0.1) is 19.3 Å². The molecule has 0 atom stereocenters. The largest absolute Gasteiger partial charge is 0.380 e. The van der Waals surface area contributed by atoms with Gasteiger partial charge in [-0.15, -0.1) is 0 Å². The summed E-state index contributed by atoms with van der Waals surface area (Å²) in [5, 5.41) is 0. The number of hydrogen-bond acceptors (Lipinski definition) is 4. The summed E-state index contributed by atoms with van der Waals surface area (Å²) in [6.45, 7) is 11.5. The molecule has 4 nitrogen and oxygen atoms in total. The molecule has 0 aromatic heterocycles. The van der Waals surface area contributed by atoms with Gasteiger partial charge < -0.3 is 14.4 Å². The molecule has 0 aromatic carbocycles. The van der Waals surface area contributed by atoms with Gasteiger partial charge in [-0.05, 0) is 123 Å². The van der Waals surface area contributed by atoms with Crippen LogP contribution in [0.4, 0.5) is 0 Å². The van der Waals surface area contributed by atoms with Gasteiger partial charge >= 0.3 is 0 Å². The second-order valence-electron chi connectivity index (χ2n) is 15.7. The number of likely N-dealkylation sites (N-methyl/N-ethyl adjacent to an activating group) is 1. The normalized spacial score (nSPS) is 15.6. The second kappa shape index (κ2) is 38.5. The van der Waals surface area contributed by atoms with Crippen molar-refractivity contribution in [3.05, 3.63) is 48.6 Å². The Hall–Kier alpha value is -1.20. The Morgan fingerprint density at radius 3 is 1.31 bits per heavy atom. The van der Waals surface area contributed by atoms with E-state index in [1.54, 1.807) is 0 Å². The van der Waals surface area contributed by atoms with Gasteiger partial charge in [0.1, 0.15) is 0 Å². The molecule has 1 heterocycles. The van der Waals surface area contributed by atoms with Gasteiger partial charge in [-0.2, -0.15) is 0 Å². The lowest BCUT2D eigenvalue weighted by molar-refractivity contribution is 0.00436. The molecule has 0 aromatic rings. The van der Waals surface area contributed by atoms with Crippen LogP contribution >= 0.6 is 0 Å². The van der Waals surface area contributed by atoms with Crippen molar-refractivity contribution in [3.8, 4) is 0 Å². The summed E-state index contributed by atoms with van der Waals surface area (Å²) in [7, 11) is 4.56. The van der Waals surface area contributed by atoms with Gasteiger partial charge in [0.15, 0.2) is 0 Å². The van der Waals surface area contributed by atoms with E-state index in [-0.39, 0.29) is 0 Å². The number of rotatable bonds is 37. The van der Waals surface area contributed by atoms with E-state index in [4.69, 9.17) is 9.47 Å². The third kappa shape index (κ3) is 33.1. The molecular weight excluding hydrogens is 625 g/mol. The van der Waals surface area contributed by atoms with Crippen LogP contribution in [0.1, 0.15) is 181 Å². The molecule has 0 bridgehead atoms. The van der Waals surface area contributed by atoms with E-state index < -0.39 is 0 Å². The molecule has 0 N–H and O–H groups in total. The summed E-state index contributed by atoms with van der Waals surface area (Å²) >= 11 is 0. The van der Waals surface area contributed by atoms with Crippen molar-refractivity contribution in [2.24, 2.45) is 5.92 Å². The molecular formula is C47H88N2O2. The van der Waals surface area contributed by atoms with E-state index in [1.165, 1.54) is 174 Å². The van der Waals surface area contributed by atoms with Crippen molar-refractivity contribution in [1.29, 1.82) is 0 Å². The maximum absolute atomic E-state index is 6.28. The molecule has 0 aliphatic carbocycles. The second-order valence-corrected chi connectivity index (χ2v) is 15.7. The van der Waals surface area contributed by atoms with Gasteiger partial charge in [-0.1, -0.05) is 140 Å². The molecule has 1 saturated heterocycles. The van der Waals surface area contributed by atoms with Crippen molar-refractivity contribution in [2.75, 3.05) is 60.2 Å². The van der Waals surface area contributed by atoms with E-state index in [9.17, 15) is 0 Å². The Labute approximate surface area is 320 Å². The zero-order valence-corrected chi connectivity index (χ0v) is 34.8. The zero-order chi connectivity index (χ0) is 36.7. The molecule has 298 valence electrons. The van der Waals surface area contributed by atoms with E-state index in [2.05, 4.69) is 86.4 Å². The smallest absolute Gasteiger partial charge is 0.0644 e. The molecule has 0 spiro atoms. The van der Waals surface area contributed by atoms with Gasteiger partial charge in [-0.3, -0.25) is 4.90 Å². The third-order valence-electron chi connectivity index (χ3n) is 10.6. The van der Waals surface area contributed by atoms with Crippen molar-refractivity contribution in [2.45, 2.75) is 187 Å². The van der Waals surface area contributed by atoms with Crippen molar-refractivity contribution in [3.63, 3.8) is 0 Å². The lowest BCUT2D eigenvalue weighted by Gasteiger charge is -2.35. The zero-order valence-electron chi connectivity index (χ0n) is 34.8. The van der Waals surface area contributed by atoms with Crippen LogP contribution in [0.25, 0.3) is 0 Å². The first kappa shape index (κ1) is 47.8. The number of allylic oxidation sites excluding steroid dienone is 8. The Morgan fingerprint density at radius 1 is 0.529 bits per heavy atom. The summed E-state index contributed by atoms with van der Waals surface area (Å²) < 4.78 is 12.6. The standard InChI is InChI=1S/C47H88N2O2/c1-5-7-9-11-13-15-17-19-21-23-25-27-29-31-33-35-41-50-44-47(49(4)43-46-37-39-48(3)40-38-46)45-51-42-36-34-32-30-28-26-24-22-20-18-16-14-12-10-8-6-2/h13-16,19-22,46-47H,5-12,17-18,23-45H2,1-4H3. The van der Waals surface area contributed by atoms with Crippen LogP contribution in [0, 0.1) is 5.92 Å². The first-order valence-corrected chi connectivity index (χ1v) is 22.3. The van der Waals surface area contributed by atoms with Crippen LogP contribution < -0.4 is 0 Å². The van der Waals surface area contributed by atoms with Crippen LogP contribution in [0.2, 0.25) is 0 Å². The number of ether oxygens (including phenoxy) is 2. The first-order chi connectivity index (χ1) is 25.2. The number of unbranched alkanes of at least 4 members (excludes halogenated alkanes) is 18. The summed E-state index contributed by atoms with van der Waals surface area (Å²) in [5.74, 6) is 0.800. The van der Waals surface area contributed by atoms with Gasteiger partial charge in [0.25, 0.3) is 0 Å². The predicted octanol–water partition coefficient (Wildman–Crippen LogP) is 13.3. The Balaban J connectivity index is 2.12. The molecule has 1 fully saturated rings. The average Bonchev–Trinajstić information content (AvgIpc) is 3.13. The molecule has 0 unspecified atom stereocenters. The highest BCUT2D eigenvalue weighted by Gasteiger charge is 2.22. The van der Waals surface area contributed by atoms with Crippen molar-refractivity contribution in [1.82, 2.24) is 9.80 Å². The predicted molar refractivity (Wildman–Crippen MR) is 227 cm³/mol. The van der Waals surface area contributed by atoms with Crippen LogP contribution in [0.5, 0.6) is 0 Å². The minimum absolute atomic E-state index is 0.360. The average molecular weight is 713 g/mol. The minimum atomic E-state index is 0.360. The number of nitrogens with zero attached hydrogens (tertiary/aromatic N) is 2. The van der Waals surface area contributed by atoms with Crippen LogP contribution in [0.3, 0.4) is 0 Å². The number of piperidine rings is 1. The number of likely N-dealkylation sites (tertiary alicyclic amines) is 1. The highest BCUT2D eigenvalue weighted by Crippen LogP contribution is 2.18. The molecule has 1 rings (SSSR count). The molecule has 0 amide bonds. The molecule has 1 aliphatic heterocycles. The Bertz CT molecular complexity index is 761. The Morgan fingerprint density at radius 2 is 0.902 bits per heavy atom. The Kier molecular flexibility index (Phi) is 36.1. The monoisotopic (exact) mass is 713 g/mol. The topological polar surface area (TPSA) is 24.9 Å². The van der Waals surface area contributed by atoms with Crippen molar-refractivity contribution < 1.29 is 9.47 Å². The molecule has 0 radical (unpaired) electrons. The fraction of sp³-hybridized carbons (Fsp3) is 0.830. The molecule has 51 heavy (non-hydrogen) atoms. The molecule has 4 heteroatoms. The highest BCUT2D eigenvalue weighted by molar-refractivity contribution is 4.93. The van der Waals surface area contributed by atoms with Crippen LogP contribution in [-0.4, -0.2) is 76.0 Å². The fourth-order valence-electron chi connectivity index (χ4n) is 6.93. The molecule has 0 saturated carbocycles. The highest BCUT2D eigenvalue weighted by atomic mass is 16.5. The summed E-state index contributed by atoms with van der Waals surface area (Å²) in [6.07, 6.45) is 52.3. The maximum atomic E-state index is 6.28. The lowest BCUT2D eigenvalue weighted by atomic mass is 9.96. The maximum Gasteiger partial charge on any atom is 0.0644 e. The van der Waals surface area contributed by atoms with Gasteiger partial charge in [0.2, 0.25) is 0 Å². The van der Waals surface area contributed by atoms with E-state index in [0.29, 0.717) is 6.04 Å². The molecule has 1 aliphatic rings. The third-order valence-corrected chi connectivity index (χ3v) is 10.6. The number of hydrogen-bond donors (Lipinski definition) is 0. The fourth-order valence-corrected chi connectivity index (χ4v) is 6.93. The van der Waals surface area contributed by atoms with Crippen molar-refractivity contribution >= 4 is 0 Å². The van der Waals surface area contributed by atoms with Gasteiger partial charge in [0, 0.05) is 19.8 Å². The van der Waals surface area contributed by atoms with E-state index >= 15 is 0 Å². The SMILES string of the molecule is CCCCCC=CCC=CCCCCCCCCOCC(COCCCCCCCCC=CCC=CCCCCC)N(C)CC1CCN(C)CC1. The van der Waals surface area contributed by atoms with Crippen LogP contribution in [-0.2, 0) is 9.47 Å². The lowest BCUT2D eigenvalue weighted by Crippen LogP contribution is -2.44. The van der Waals surface area contributed by atoms with Crippen LogP contribution in [0.15, 0.2) is 48.6 Å². The minimum Gasteiger partial charge on any atom is -0.380 e. The van der Waals surface area contributed by atoms with E-state index in [0.717, 1.165) is 45.2 Å². The summed E-state index contributed by atoms with van der Waals surface area (Å²) in [4.78, 5) is 5.02. The quantitative estimate of drug-likeness (QED) is 0.0473.